The monoisotopic (exact) mass is 1640 g/mol. The first-order valence-electron chi connectivity index (χ1n) is 46.2. The van der Waals surface area contributed by atoms with Crippen LogP contribution in [0, 0.1) is 0 Å². The van der Waals surface area contributed by atoms with Gasteiger partial charge in [-0.05, 0) is 122 Å². The van der Waals surface area contributed by atoms with Crippen LogP contribution in [0.15, 0.2) is 158 Å². The topological polar surface area (TPSA) is 307 Å². The maximum atomic E-state index is 13.5. The SMILES string of the molecule is CC/C=C\C/C=C\C/C=C\C/C=C\C/C=C\C/C=C\C/C=C\C/C=C\C/C=C\C/C=C\CCCCCCCCCCCCC(=O)NC(COC1OC(CO)C(OC2OC(CO)C(OC3OC(CO)C(O)C(O)C3O)C(O)C2O)C(O)C1O)C(O)/C=C/CC/C=C/CC/C=C/CCCCCCCCCCCCCCCCCCCCCCC. The minimum atomic E-state index is -1.99. The number of unbranched alkanes of at least 4 members (excludes halogenated alkanes) is 33. The van der Waals surface area contributed by atoms with Crippen molar-refractivity contribution in [2.45, 2.75) is 426 Å². The Balaban J connectivity index is 1.34. The second kappa shape index (κ2) is 75.2. The third-order valence-electron chi connectivity index (χ3n) is 21.8. The lowest BCUT2D eigenvalue weighted by molar-refractivity contribution is -0.379. The summed E-state index contributed by atoms with van der Waals surface area (Å²) >= 11 is 0. The fourth-order valence-corrected chi connectivity index (χ4v) is 14.5. The number of rotatable bonds is 73. The van der Waals surface area contributed by atoms with Crippen molar-refractivity contribution in [3.63, 3.8) is 0 Å². The fraction of sp³-hybridized carbons (Fsp3) is 0.724. The number of hydrogen-bond donors (Lipinski definition) is 12. The highest BCUT2D eigenvalue weighted by molar-refractivity contribution is 5.76. The first kappa shape index (κ1) is 107. The van der Waals surface area contributed by atoms with Crippen LogP contribution >= 0.6 is 0 Å². The standard InChI is InChI=1S/C98H165NO18/c1-3-5-7-9-11-13-15-17-19-21-23-25-27-29-31-33-35-36-37-38-39-40-41-42-43-44-46-48-50-52-54-56-58-60-62-64-66-68-70-72-74-76-86(104)99-81(82(103)75-73-71-69-67-65-63-61-59-57-55-53-51-49-47-45-34-32-30-28-26-24-22-20-18-16-14-12-10-8-6-4-2)80-112-96-92(110)89(107)94(84(78-101)114-96)117-98-93(111)90(108)95(85(79-102)115-98)116-97-91(109)88(106)87(105)83(77-100)113-97/h5,7,11,13,17,19,23,25,29,31,35-36,38-39,41-42,44,46,50,52,57,59,65,67,73,75,81-85,87-98,100-103,105-111H,3-4,6,8-10,12,14-16,18,20-22,24,26-28,30,32-34,37,40,43,45,47-49,51,53-56,58,60-64,66,68-72,74,76-80H2,1-2H3,(H,99,104)/b7-5-,13-11-,19-17-,25-23-,31-29-,36-35-,39-38-,42-41-,46-44-,52-50-,59-57+,67-65+,75-73+. The van der Waals surface area contributed by atoms with Crippen LogP contribution in [-0.4, -0.2) is 193 Å². The first-order chi connectivity index (χ1) is 57.3. The van der Waals surface area contributed by atoms with Crippen molar-refractivity contribution >= 4 is 5.91 Å². The lowest BCUT2D eigenvalue weighted by Gasteiger charge is -2.48. The van der Waals surface area contributed by atoms with Gasteiger partial charge in [-0.3, -0.25) is 4.79 Å². The van der Waals surface area contributed by atoms with Crippen LogP contribution in [0.4, 0.5) is 0 Å². The maximum Gasteiger partial charge on any atom is 0.220 e. The number of aliphatic hydroxyl groups is 11. The van der Waals surface area contributed by atoms with Crippen molar-refractivity contribution in [3.05, 3.63) is 158 Å². The van der Waals surface area contributed by atoms with E-state index in [1.807, 2.05) is 6.08 Å². The molecule has 19 nitrogen and oxygen atoms in total. The molecule has 3 saturated heterocycles. The van der Waals surface area contributed by atoms with Gasteiger partial charge in [0.1, 0.15) is 73.2 Å². The van der Waals surface area contributed by atoms with E-state index in [1.165, 1.54) is 167 Å². The molecule has 12 N–H and O–H groups in total. The molecule has 17 atom stereocenters. The zero-order chi connectivity index (χ0) is 84.5. The Morgan fingerprint density at radius 1 is 0.316 bits per heavy atom. The van der Waals surface area contributed by atoms with E-state index in [0.717, 1.165) is 122 Å². The van der Waals surface area contributed by atoms with E-state index in [-0.39, 0.29) is 18.9 Å². The Morgan fingerprint density at radius 3 is 0.957 bits per heavy atom. The molecule has 19 heteroatoms. The summed E-state index contributed by atoms with van der Waals surface area (Å²) in [5.74, 6) is -0.298. The summed E-state index contributed by atoms with van der Waals surface area (Å²) < 4.78 is 34.5. The van der Waals surface area contributed by atoms with Gasteiger partial charge in [-0.2, -0.15) is 0 Å². The number of nitrogens with one attached hydrogen (secondary N) is 1. The molecule has 3 rings (SSSR count). The van der Waals surface area contributed by atoms with Crippen LogP contribution in [0.25, 0.3) is 0 Å². The van der Waals surface area contributed by atoms with Crippen LogP contribution < -0.4 is 5.32 Å². The molecule has 1 amide bonds. The van der Waals surface area contributed by atoms with E-state index in [1.54, 1.807) is 6.08 Å². The normalized spacial score (nSPS) is 25.2. The second-order valence-corrected chi connectivity index (χ2v) is 32.0. The molecule has 3 aliphatic rings. The number of amides is 1. The first-order valence-corrected chi connectivity index (χ1v) is 46.2. The highest BCUT2D eigenvalue weighted by Gasteiger charge is 2.54. The van der Waals surface area contributed by atoms with Crippen molar-refractivity contribution in [3.8, 4) is 0 Å². The Labute approximate surface area is 707 Å². The van der Waals surface area contributed by atoms with E-state index in [4.69, 9.17) is 28.4 Å². The Bertz CT molecular complexity index is 2730. The number of ether oxygens (including phenoxy) is 6. The molecule has 117 heavy (non-hydrogen) atoms. The number of hydrogen-bond acceptors (Lipinski definition) is 18. The molecule has 17 unspecified atom stereocenters. The zero-order valence-electron chi connectivity index (χ0n) is 72.4. The van der Waals surface area contributed by atoms with Crippen molar-refractivity contribution in [2.75, 3.05) is 26.4 Å². The Morgan fingerprint density at radius 2 is 0.598 bits per heavy atom. The van der Waals surface area contributed by atoms with Gasteiger partial charge in [0.2, 0.25) is 5.91 Å². The molecule has 0 aromatic heterocycles. The second-order valence-electron chi connectivity index (χ2n) is 32.0. The lowest BCUT2D eigenvalue weighted by Crippen LogP contribution is -2.66. The smallest absolute Gasteiger partial charge is 0.220 e. The highest BCUT2D eigenvalue weighted by atomic mass is 16.8. The van der Waals surface area contributed by atoms with Crippen LogP contribution in [0.3, 0.4) is 0 Å². The molecule has 0 bridgehead atoms. The summed E-state index contributed by atoms with van der Waals surface area (Å²) in [6.45, 7) is 1.61. The van der Waals surface area contributed by atoms with E-state index in [9.17, 15) is 61.0 Å². The summed E-state index contributed by atoms with van der Waals surface area (Å²) in [7, 11) is 0. The number of aliphatic hydroxyl groups excluding tert-OH is 11. The molecular formula is C98H165NO18. The third kappa shape index (κ3) is 53.1. The van der Waals surface area contributed by atoms with Crippen LogP contribution in [0.2, 0.25) is 0 Å². The molecule has 0 aromatic carbocycles. The van der Waals surface area contributed by atoms with E-state index >= 15 is 0 Å². The summed E-state index contributed by atoms with van der Waals surface area (Å²) in [6.07, 6.45) is 85.3. The van der Waals surface area contributed by atoms with E-state index < -0.39 is 124 Å². The quantitative estimate of drug-likeness (QED) is 0.0199. The van der Waals surface area contributed by atoms with Gasteiger partial charge < -0.3 is 89.9 Å². The van der Waals surface area contributed by atoms with Gasteiger partial charge >= 0.3 is 0 Å². The summed E-state index contributed by atoms with van der Waals surface area (Å²) in [6, 6.07) is -1.01. The van der Waals surface area contributed by atoms with E-state index in [0.29, 0.717) is 12.8 Å². The summed E-state index contributed by atoms with van der Waals surface area (Å²) in [5.41, 5.74) is 0. The third-order valence-corrected chi connectivity index (χ3v) is 21.8. The lowest BCUT2D eigenvalue weighted by atomic mass is 9.96. The largest absolute Gasteiger partial charge is 0.394 e. The maximum absolute atomic E-state index is 13.5. The summed E-state index contributed by atoms with van der Waals surface area (Å²) in [4.78, 5) is 13.5. The van der Waals surface area contributed by atoms with Crippen LogP contribution in [-0.2, 0) is 33.2 Å². The number of carbonyl (C=O) groups excluding carboxylic acids is 1. The van der Waals surface area contributed by atoms with Crippen molar-refractivity contribution in [1.29, 1.82) is 0 Å². The predicted octanol–water partition coefficient (Wildman–Crippen LogP) is 18.3. The van der Waals surface area contributed by atoms with Crippen molar-refractivity contribution in [2.24, 2.45) is 0 Å². The number of carbonyl (C=O) groups is 1. The zero-order valence-corrected chi connectivity index (χ0v) is 72.4. The number of allylic oxidation sites excluding steroid dienone is 25. The van der Waals surface area contributed by atoms with Gasteiger partial charge in [0.15, 0.2) is 18.9 Å². The minimum absolute atomic E-state index is 0.217. The molecule has 670 valence electrons. The van der Waals surface area contributed by atoms with Crippen molar-refractivity contribution < 1.29 is 89.4 Å². The van der Waals surface area contributed by atoms with Gasteiger partial charge in [-0.25, -0.2) is 0 Å². The van der Waals surface area contributed by atoms with Gasteiger partial charge in [0.05, 0.1) is 38.6 Å². The average molecular weight is 1650 g/mol. The van der Waals surface area contributed by atoms with Gasteiger partial charge in [-0.1, -0.05) is 352 Å². The molecular weight excluding hydrogens is 1480 g/mol. The minimum Gasteiger partial charge on any atom is -0.394 e. The molecule has 3 aliphatic heterocycles. The van der Waals surface area contributed by atoms with Gasteiger partial charge in [0.25, 0.3) is 0 Å². The van der Waals surface area contributed by atoms with Crippen molar-refractivity contribution in [1.82, 2.24) is 5.32 Å². The Hall–Kier alpha value is -4.59. The molecule has 0 radical (unpaired) electrons. The summed E-state index contributed by atoms with van der Waals surface area (Å²) in [5, 5.41) is 121. The molecule has 3 fully saturated rings. The molecule has 0 saturated carbocycles. The Kier molecular flexibility index (Phi) is 68.5. The fourth-order valence-electron chi connectivity index (χ4n) is 14.5. The predicted molar refractivity (Wildman–Crippen MR) is 475 cm³/mol. The van der Waals surface area contributed by atoms with Crippen LogP contribution in [0.5, 0.6) is 0 Å². The molecule has 0 spiro atoms. The van der Waals surface area contributed by atoms with Crippen LogP contribution in [0.1, 0.15) is 322 Å². The average Bonchev–Trinajstić information content (AvgIpc) is 0.778. The van der Waals surface area contributed by atoms with Gasteiger partial charge in [-0.15, -0.1) is 0 Å². The molecule has 0 aliphatic carbocycles. The molecule has 3 heterocycles. The van der Waals surface area contributed by atoms with E-state index in [2.05, 4.69) is 165 Å². The molecule has 0 aromatic rings. The highest BCUT2D eigenvalue weighted by Crippen LogP contribution is 2.33. The van der Waals surface area contributed by atoms with Gasteiger partial charge in [0, 0.05) is 6.42 Å².